The van der Waals surface area contributed by atoms with Gasteiger partial charge in [0.25, 0.3) is 5.56 Å². The normalized spacial score (nSPS) is 12.0. The molecule has 7 heteroatoms. The molecular formula is C17H16N4O3. The van der Waals surface area contributed by atoms with E-state index in [9.17, 15) is 14.4 Å². The summed E-state index contributed by atoms with van der Waals surface area (Å²) in [5.41, 5.74) is -0.132. The molecule has 122 valence electrons. The average Bonchev–Trinajstić information content (AvgIpc) is 2.59. The molecule has 0 saturated carbocycles. The van der Waals surface area contributed by atoms with Crippen LogP contribution in [-0.2, 0) is 4.79 Å². The highest BCUT2D eigenvalue weighted by Crippen LogP contribution is 2.13. The Kier molecular flexibility index (Phi) is 4.24. The van der Waals surface area contributed by atoms with Crippen LogP contribution < -0.4 is 16.6 Å². The fourth-order valence-corrected chi connectivity index (χ4v) is 2.61. The number of anilines is 1. The Morgan fingerprint density at radius 1 is 1.25 bits per heavy atom. The molecule has 0 fully saturated rings. The van der Waals surface area contributed by atoms with Crippen molar-refractivity contribution in [3.05, 3.63) is 69.6 Å². The van der Waals surface area contributed by atoms with Crippen molar-refractivity contribution >= 4 is 22.5 Å². The molecule has 3 rings (SSSR count). The van der Waals surface area contributed by atoms with Crippen molar-refractivity contribution < 1.29 is 4.79 Å². The largest absolute Gasteiger partial charge is 0.329 e. The lowest BCUT2D eigenvalue weighted by atomic mass is 10.2. The van der Waals surface area contributed by atoms with Crippen LogP contribution in [0.5, 0.6) is 0 Å². The molecule has 0 aliphatic carbocycles. The van der Waals surface area contributed by atoms with E-state index in [0.29, 0.717) is 23.0 Å². The standard InChI is InChI=1S/C17H16N4O3/c1-2-14(15(22)19-11-6-5-9-18-10-11)21-16(23)12-7-3-4-8-13(12)20-17(21)24/h3-10,14H,2H2,1H3,(H,19,22)(H,20,24)/t14-/m1/s1. The Morgan fingerprint density at radius 3 is 2.75 bits per heavy atom. The van der Waals surface area contributed by atoms with E-state index in [1.54, 1.807) is 49.5 Å². The van der Waals surface area contributed by atoms with Crippen molar-refractivity contribution in [1.82, 2.24) is 14.5 Å². The van der Waals surface area contributed by atoms with Gasteiger partial charge in [0.05, 0.1) is 22.8 Å². The zero-order valence-electron chi connectivity index (χ0n) is 13.0. The van der Waals surface area contributed by atoms with Crippen molar-refractivity contribution in [2.75, 3.05) is 5.32 Å². The summed E-state index contributed by atoms with van der Waals surface area (Å²) in [5, 5.41) is 3.05. The summed E-state index contributed by atoms with van der Waals surface area (Å²) < 4.78 is 0.966. The first-order valence-electron chi connectivity index (χ1n) is 7.56. The van der Waals surface area contributed by atoms with Gasteiger partial charge in [-0.25, -0.2) is 9.36 Å². The lowest BCUT2D eigenvalue weighted by Crippen LogP contribution is -2.42. The first-order chi connectivity index (χ1) is 11.6. The Bertz CT molecular complexity index is 992. The number of aromatic amines is 1. The van der Waals surface area contributed by atoms with Crippen LogP contribution in [-0.4, -0.2) is 20.4 Å². The number of hydrogen-bond donors (Lipinski definition) is 2. The number of hydrogen-bond acceptors (Lipinski definition) is 4. The SMILES string of the molecule is CC[C@H](C(=O)Nc1cccnc1)n1c(=O)[nH]c2ccccc2c1=O. The number of aromatic nitrogens is 3. The molecule has 1 amide bonds. The monoisotopic (exact) mass is 324 g/mol. The third-order valence-corrected chi connectivity index (χ3v) is 3.77. The van der Waals surface area contributed by atoms with Gasteiger partial charge in [-0.2, -0.15) is 0 Å². The average molecular weight is 324 g/mol. The maximum Gasteiger partial charge on any atom is 0.329 e. The van der Waals surface area contributed by atoms with Gasteiger partial charge in [0.1, 0.15) is 6.04 Å². The van der Waals surface area contributed by atoms with Crippen LogP contribution in [0.25, 0.3) is 10.9 Å². The van der Waals surface area contributed by atoms with Crippen LogP contribution in [0.3, 0.4) is 0 Å². The zero-order valence-corrected chi connectivity index (χ0v) is 13.0. The van der Waals surface area contributed by atoms with Crippen molar-refractivity contribution in [3.8, 4) is 0 Å². The highest BCUT2D eigenvalue weighted by atomic mass is 16.2. The summed E-state index contributed by atoms with van der Waals surface area (Å²) in [4.78, 5) is 44.1. The molecule has 0 aliphatic rings. The second-order valence-electron chi connectivity index (χ2n) is 5.31. The first-order valence-corrected chi connectivity index (χ1v) is 7.56. The van der Waals surface area contributed by atoms with Crippen LogP contribution in [0.4, 0.5) is 5.69 Å². The molecule has 0 saturated heterocycles. The molecule has 0 spiro atoms. The number of fused-ring (bicyclic) bond motifs is 1. The smallest absolute Gasteiger partial charge is 0.323 e. The second-order valence-corrected chi connectivity index (χ2v) is 5.31. The van der Waals surface area contributed by atoms with Gasteiger partial charge in [-0.15, -0.1) is 0 Å². The lowest BCUT2D eigenvalue weighted by Gasteiger charge is -2.17. The fraction of sp³-hybridized carbons (Fsp3) is 0.176. The number of H-pyrrole nitrogens is 1. The maximum absolute atomic E-state index is 12.7. The number of carbonyl (C=O) groups is 1. The third kappa shape index (κ3) is 2.83. The zero-order chi connectivity index (χ0) is 17.1. The van der Waals surface area contributed by atoms with Crippen LogP contribution in [0.15, 0.2) is 58.4 Å². The van der Waals surface area contributed by atoms with E-state index >= 15 is 0 Å². The molecule has 0 radical (unpaired) electrons. The van der Waals surface area contributed by atoms with Crippen LogP contribution in [0.2, 0.25) is 0 Å². The molecule has 1 atom stereocenters. The third-order valence-electron chi connectivity index (χ3n) is 3.77. The number of pyridine rings is 1. The van der Waals surface area contributed by atoms with Crippen molar-refractivity contribution in [1.29, 1.82) is 0 Å². The van der Waals surface area contributed by atoms with Gasteiger partial charge < -0.3 is 10.3 Å². The minimum Gasteiger partial charge on any atom is -0.323 e. The number of benzene rings is 1. The second kappa shape index (κ2) is 6.49. The predicted molar refractivity (Wildman–Crippen MR) is 91.0 cm³/mol. The molecule has 0 unspecified atom stereocenters. The van der Waals surface area contributed by atoms with Crippen LogP contribution in [0.1, 0.15) is 19.4 Å². The van der Waals surface area contributed by atoms with E-state index in [2.05, 4.69) is 15.3 Å². The molecule has 7 nitrogen and oxygen atoms in total. The van der Waals surface area contributed by atoms with E-state index in [1.807, 2.05) is 0 Å². The van der Waals surface area contributed by atoms with Crippen molar-refractivity contribution in [3.63, 3.8) is 0 Å². The number of nitrogens with one attached hydrogen (secondary N) is 2. The number of amides is 1. The summed E-state index contributed by atoms with van der Waals surface area (Å²) in [5.74, 6) is -0.437. The maximum atomic E-state index is 12.7. The van der Waals surface area contributed by atoms with E-state index in [-0.39, 0.29) is 0 Å². The summed E-state index contributed by atoms with van der Waals surface area (Å²) in [7, 11) is 0. The quantitative estimate of drug-likeness (QED) is 0.763. The van der Waals surface area contributed by atoms with Gasteiger partial charge in [-0.05, 0) is 30.7 Å². The van der Waals surface area contributed by atoms with Crippen LogP contribution >= 0.6 is 0 Å². The minimum atomic E-state index is -0.911. The Labute approximate surface area is 137 Å². The van der Waals surface area contributed by atoms with E-state index in [0.717, 1.165) is 4.57 Å². The first kappa shape index (κ1) is 15.7. The number of nitrogens with zero attached hydrogens (tertiary/aromatic N) is 2. The molecular weight excluding hydrogens is 308 g/mol. The number of carbonyl (C=O) groups excluding carboxylic acids is 1. The van der Waals surface area contributed by atoms with E-state index in [1.165, 1.54) is 6.20 Å². The molecule has 2 aromatic heterocycles. The van der Waals surface area contributed by atoms with Gasteiger partial charge in [-0.3, -0.25) is 14.6 Å². The summed E-state index contributed by atoms with van der Waals surface area (Å²) in [6.07, 6.45) is 3.39. The van der Waals surface area contributed by atoms with Gasteiger partial charge in [0.15, 0.2) is 0 Å². The Balaban J connectivity index is 2.05. The predicted octanol–water partition coefficient (Wildman–Crippen LogP) is 1.67. The van der Waals surface area contributed by atoms with Crippen LogP contribution in [0, 0.1) is 0 Å². The molecule has 0 bridgehead atoms. The van der Waals surface area contributed by atoms with E-state index < -0.39 is 23.2 Å². The van der Waals surface area contributed by atoms with Gasteiger partial charge in [-0.1, -0.05) is 19.1 Å². The Morgan fingerprint density at radius 2 is 2.04 bits per heavy atom. The summed E-state index contributed by atoms with van der Waals surface area (Å²) >= 11 is 0. The van der Waals surface area contributed by atoms with Crippen molar-refractivity contribution in [2.24, 2.45) is 0 Å². The van der Waals surface area contributed by atoms with Gasteiger partial charge >= 0.3 is 5.69 Å². The summed E-state index contributed by atoms with van der Waals surface area (Å²) in [6, 6.07) is 9.18. The van der Waals surface area contributed by atoms with Crippen molar-refractivity contribution in [2.45, 2.75) is 19.4 Å². The highest BCUT2D eigenvalue weighted by molar-refractivity contribution is 5.93. The Hall–Kier alpha value is -3.22. The lowest BCUT2D eigenvalue weighted by molar-refractivity contribution is -0.119. The molecule has 2 N–H and O–H groups in total. The molecule has 2 heterocycles. The molecule has 3 aromatic rings. The molecule has 0 aliphatic heterocycles. The summed E-state index contributed by atoms with van der Waals surface area (Å²) in [6.45, 7) is 1.74. The topological polar surface area (TPSA) is 96.8 Å². The number of rotatable bonds is 4. The van der Waals surface area contributed by atoms with Gasteiger partial charge in [0.2, 0.25) is 5.91 Å². The van der Waals surface area contributed by atoms with E-state index in [4.69, 9.17) is 0 Å². The minimum absolute atomic E-state index is 0.299. The number of para-hydroxylation sites is 1. The van der Waals surface area contributed by atoms with Gasteiger partial charge in [0, 0.05) is 6.20 Å². The molecule has 24 heavy (non-hydrogen) atoms. The fourth-order valence-electron chi connectivity index (χ4n) is 2.61. The highest BCUT2D eigenvalue weighted by Gasteiger charge is 2.23. The molecule has 1 aromatic carbocycles.